The van der Waals surface area contributed by atoms with Gasteiger partial charge in [0, 0.05) is 49.6 Å². The number of hydrogen-bond acceptors (Lipinski definition) is 8. The molecule has 10 nitrogen and oxygen atoms in total. The summed E-state index contributed by atoms with van der Waals surface area (Å²) in [6.45, 7) is 8.15. The number of nitrogens with zero attached hydrogens (tertiary/aromatic N) is 1. The van der Waals surface area contributed by atoms with Crippen molar-refractivity contribution in [3.8, 4) is 0 Å². The average molecular weight is 517 g/mol. The molecule has 1 aliphatic heterocycles. The number of nitrogens with two attached hydrogens (primary N) is 1. The van der Waals surface area contributed by atoms with Crippen molar-refractivity contribution in [2.45, 2.75) is 51.6 Å². The van der Waals surface area contributed by atoms with Crippen LogP contribution in [0.2, 0.25) is 0 Å². The van der Waals surface area contributed by atoms with Crippen molar-refractivity contribution in [3.05, 3.63) is 36.0 Å². The second kappa shape index (κ2) is 14.7. The molecule has 3 rings (SSSR count). The number of H-pyrrole nitrogens is 1. The van der Waals surface area contributed by atoms with Crippen LogP contribution in [0.3, 0.4) is 0 Å². The number of nitrogens with one attached hydrogen (secondary N) is 2. The van der Waals surface area contributed by atoms with Gasteiger partial charge in [0.25, 0.3) is 0 Å². The number of hydrogen-bond donors (Lipinski definition) is 3. The number of morpholine rings is 1. The van der Waals surface area contributed by atoms with Gasteiger partial charge in [0.1, 0.15) is 18.7 Å². The van der Waals surface area contributed by atoms with Crippen LogP contribution >= 0.6 is 0 Å². The van der Waals surface area contributed by atoms with Crippen LogP contribution in [0.5, 0.6) is 0 Å². The number of ether oxygens (including phenoxy) is 3. The molecular formula is C27H40N4O6. The second-order valence-corrected chi connectivity index (χ2v) is 9.80. The van der Waals surface area contributed by atoms with Gasteiger partial charge in [0.2, 0.25) is 5.91 Å². The van der Waals surface area contributed by atoms with E-state index in [1.54, 1.807) is 0 Å². The third-order valence-corrected chi connectivity index (χ3v) is 6.40. The zero-order valence-corrected chi connectivity index (χ0v) is 21.9. The van der Waals surface area contributed by atoms with Gasteiger partial charge in [-0.1, -0.05) is 32.0 Å². The monoisotopic (exact) mass is 516 g/mol. The van der Waals surface area contributed by atoms with Gasteiger partial charge >= 0.3 is 11.9 Å². The van der Waals surface area contributed by atoms with E-state index in [9.17, 15) is 14.4 Å². The van der Waals surface area contributed by atoms with Crippen molar-refractivity contribution in [1.29, 1.82) is 0 Å². The highest BCUT2D eigenvalue weighted by molar-refractivity contribution is 5.87. The molecule has 0 saturated carbocycles. The molecule has 0 unspecified atom stereocenters. The fraction of sp³-hybridized carbons (Fsp3) is 0.593. The fourth-order valence-electron chi connectivity index (χ4n) is 4.09. The second-order valence-electron chi connectivity index (χ2n) is 9.80. The Kier molecular flexibility index (Phi) is 11.4. The summed E-state index contributed by atoms with van der Waals surface area (Å²) in [5.41, 5.74) is 7.77. The van der Waals surface area contributed by atoms with Gasteiger partial charge in [-0.2, -0.15) is 0 Å². The quantitative estimate of drug-likeness (QED) is 0.323. The van der Waals surface area contributed by atoms with Gasteiger partial charge in [0.15, 0.2) is 0 Å². The van der Waals surface area contributed by atoms with Gasteiger partial charge in [0.05, 0.1) is 19.8 Å². The van der Waals surface area contributed by atoms with E-state index in [0.29, 0.717) is 32.3 Å². The van der Waals surface area contributed by atoms with Crippen LogP contribution < -0.4 is 11.1 Å². The Morgan fingerprint density at radius 2 is 1.81 bits per heavy atom. The molecule has 0 radical (unpaired) electrons. The van der Waals surface area contributed by atoms with E-state index in [1.165, 1.54) is 0 Å². The lowest BCUT2D eigenvalue weighted by atomic mass is 10.0. The molecule has 2 heterocycles. The number of esters is 2. The minimum absolute atomic E-state index is 0.00805. The van der Waals surface area contributed by atoms with Crippen molar-refractivity contribution >= 4 is 28.7 Å². The van der Waals surface area contributed by atoms with Crippen LogP contribution in [0, 0.1) is 5.92 Å². The number of carbonyl (C=O) groups excluding carboxylic acids is 3. The topological polar surface area (TPSA) is 136 Å². The van der Waals surface area contributed by atoms with Gasteiger partial charge in [-0.15, -0.1) is 0 Å². The Morgan fingerprint density at radius 1 is 1.08 bits per heavy atom. The third kappa shape index (κ3) is 9.46. The Hall–Kier alpha value is -2.95. The number of benzene rings is 1. The number of rotatable bonds is 14. The first-order chi connectivity index (χ1) is 17.8. The summed E-state index contributed by atoms with van der Waals surface area (Å²) in [5, 5.41) is 3.77. The first kappa shape index (κ1) is 28.6. The maximum atomic E-state index is 13.0. The van der Waals surface area contributed by atoms with E-state index < -0.39 is 24.0 Å². The van der Waals surface area contributed by atoms with Crippen molar-refractivity contribution in [2.24, 2.45) is 11.7 Å². The standard InChI is InChI=1S/C27H40N4O6/c1-19(2)9-13-36-26(33)22(28)7-8-25(32)30-24(17-20-18-29-23-6-4-3-5-21(20)23)27(34)37-16-12-31-10-14-35-15-11-31/h3-6,18-19,22,24,29H,7-17,28H2,1-2H3,(H,30,32)/t22-,24-/m1/s1. The van der Waals surface area contributed by atoms with Crippen molar-refractivity contribution in [1.82, 2.24) is 15.2 Å². The van der Waals surface area contributed by atoms with E-state index in [2.05, 4.69) is 15.2 Å². The number of carbonyl (C=O) groups is 3. The molecule has 1 aromatic heterocycles. The molecule has 1 fully saturated rings. The smallest absolute Gasteiger partial charge is 0.329 e. The SMILES string of the molecule is CC(C)CCOC(=O)[C@H](N)CCC(=O)N[C@H](Cc1c[nH]c2ccccc12)C(=O)OCCN1CCOCC1. The summed E-state index contributed by atoms with van der Waals surface area (Å²) in [5.74, 6) is -0.978. The predicted octanol–water partition coefficient (Wildman–Crippen LogP) is 1.77. The molecule has 204 valence electrons. The van der Waals surface area contributed by atoms with Crippen LogP contribution in [0.1, 0.15) is 38.7 Å². The largest absolute Gasteiger partial charge is 0.465 e. The Balaban J connectivity index is 1.55. The van der Waals surface area contributed by atoms with Crippen LogP contribution in [0.25, 0.3) is 10.9 Å². The first-order valence-corrected chi connectivity index (χ1v) is 13.1. The minimum Gasteiger partial charge on any atom is -0.465 e. The summed E-state index contributed by atoms with van der Waals surface area (Å²) in [4.78, 5) is 43.2. The highest BCUT2D eigenvalue weighted by atomic mass is 16.5. The molecule has 0 aliphatic carbocycles. The van der Waals surface area contributed by atoms with Gasteiger partial charge in [-0.25, -0.2) is 4.79 Å². The van der Waals surface area contributed by atoms with Crippen LogP contribution in [0.4, 0.5) is 0 Å². The summed E-state index contributed by atoms with van der Waals surface area (Å²) in [6.07, 6.45) is 2.98. The number of amides is 1. The van der Waals surface area contributed by atoms with Crippen molar-refractivity contribution in [3.63, 3.8) is 0 Å². The first-order valence-electron chi connectivity index (χ1n) is 13.1. The van der Waals surface area contributed by atoms with E-state index in [0.717, 1.165) is 36.0 Å². The normalized spacial score (nSPS) is 15.9. The molecule has 0 spiro atoms. The Bertz CT molecular complexity index is 1020. The third-order valence-electron chi connectivity index (χ3n) is 6.40. The molecule has 37 heavy (non-hydrogen) atoms. The molecule has 4 N–H and O–H groups in total. The lowest BCUT2D eigenvalue weighted by molar-refractivity contribution is -0.149. The Morgan fingerprint density at radius 3 is 2.57 bits per heavy atom. The highest BCUT2D eigenvalue weighted by Crippen LogP contribution is 2.19. The summed E-state index contributed by atoms with van der Waals surface area (Å²) < 4.78 is 16.1. The zero-order valence-electron chi connectivity index (χ0n) is 21.9. The van der Waals surface area contributed by atoms with Crippen LogP contribution in [-0.4, -0.2) is 85.9 Å². The van der Waals surface area contributed by atoms with E-state index in [-0.39, 0.29) is 31.8 Å². The number of fused-ring (bicyclic) bond motifs is 1. The van der Waals surface area contributed by atoms with E-state index >= 15 is 0 Å². The Labute approximate surface area is 218 Å². The molecule has 1 amide bonds. The van der Waals surface area contributed by atoms with E-state index in [1.807, 2.05) is 44.3 Å². The molecule has 2 aromatic rings. The maximum absolute atomic E-state index is 13.0. The summed E-state index contributed by atoms with van der Waals surface area (Å²) in [6, 6.07) is 6.01. The van der Waals surface area contributed by atoms with Crippen molar-refractivity contribution in [2.75, 3.05) is 46.1 Å². The maximum Gasteiger partial charge on any atom is 0.329 e. The highest BCUT2D eigenvalue weighted by Gasteiger charge is 2.25. The van der Waals surface area contributed by atoms with Crippen molar-refractivity contribution < 1.29 is 28.6 Å². The minimum atomic E-state index is -0.898. The lowest BCUT2D eigenvalue weighted by Crippen LogP contribution is -2.45. The number of aromatic nitrogens is 1. The van der Waals surface area contributed by atoms with Gasteiger partial charge in [-0.3, -0.25) is 14.5 Å². The van der Waals surface area contributed by atoms with E-state index in [4.69, 9.17) is 19.9 Å². The molecule has 0 bridgehead atoms. The van der Waals surface area contributed by atoms with Gasteiger partial charge < -0.3 is 30.2 Å². The molecule has 10 heteroatoms. The lowest BCUT2D eigenvalue weighted by Gasteiger charge is -2.26. The molecule has 1 aliphatic rings. The number of para-hydroxylation sites is 1. The molecule has 2 atom stereocenters. The zero-order chi connectivity index (χ0) is 26.6. The molecular weight excluding hydrogens is 476 g/mol. The molecule has 1 aromatic carbocycles. The van der Waals surface area contributed by atoms with Crippen LogP contribution in [0.15, 0.2) is 30.5 Å². The predicted molar refractivity (Wildman–Crippen MR) is 140 cm³/mol. The number of aromatic amines is 1. The van der Waals surface area contributed by atoms with Crippen LogP contribution in [-0.2, 0) is 35.0 Å². The van der Waals surface area contributed by atoms with Gasteiger partial charge in [-0.05, 0) is 30.4 Å². The molecule has 1 saturated heterocycles. The summed E-state index contributed by atoms with van der Waals surface area (Å²) in [7, 11) is 0. The summed E-state index contributed by atoms with van der Waals surface area (Å²) >= 11 is 0. The fourth-order valence-corrected chi connectivity index (χ4v) is 4.09. The average Bonchev–Trinajstić information content (AvgIpc) is 3.30.